The van der Waals surface area contributed by atoms with Crippen molar-refractivity contribution >= 4 is 18.4 Å². The molecule has 1 rings (SSSR count). The van der Waals surface area contributed by atoms with Crippen LogP contribution >= 0.6 is 0 Å². The van der Waals surface area contributed by atoms with E-state index < -0.39 is 18.4 Å². The van der Waals surface area contributed by atoms with Crippen LogP contribution in [0.15, 0.2) is 12.1 Å². The Morgan fingerprint density at radius 1 is 1.38 bits per heavy atom. The van der Waals surface area contributed by atoms with Crippen molar-refractivity contribution in [3.8, 4) is 5.75 Å². The fraction of sp³-hybridized carbons (Fsp3) is 0.222. The first-order valence-electron chi connectivity index (χ1n) is 4.39. The molecule has 16 heavy (non-hydrogen) atoms. The molecular weight excluding hydrogens is 224 g/mol. The Balaban J connectivity index is 3.47. The molecule has 0 saturated carbocycles. The Morgan fingerprint density at radius 3 is 2.31 bits per heavy atom. The van der Waals surface area contributed by atoms with E-state index in [-0.39, 0.29) is 16.9 Å². The van der Waals surface area contributed by atoms with Gasteiger partial charge in [-0.2, -0.15) is 0 Å². The van der Waals surface area contributed by atoms with Crippen molar-refractivity contribution in [1.29, 1.82) is 0 Å². The van der Waals surface area contributed by atoms with Crippen molar-refractivity contribution in [1.82, 2.24) is 0 Å². The summed E-state index contributed by atoms with van der Waals surface area (Å²) in [5.74, 6) is -1.74. The highest BCUT2D eigenvalue weighted by molar-refractivity contribution is 6.74. The highest BCUT2D eigenvalue weighted by atomic mass is 19.4. The van der Waals surface area contributed by atoms with Gasteiger partial charge in [-0.3, -0.25) is 0 Å². The fourth-order valence-electron chi connectivity index (χ4n) is 1.36. The van der Waals surface area contributed by atoms with Crippen molar-refractivity contribution in [2.24, 2.45) is 0 Å². The van der Waals surface area contributed by atoms with E-state index in [1.807, 2.05) is 0 Å². The molecule has 3 nitrogen and oxygen atoms in total. The van der Waals surface area contributed by atoms with Crippen molar-refractivity contribution in [2.45, 2.75) is 6.92 Å². The standard InChI is InChI=1S/C9H9BF3O3/c1-5-3-8(16-2)7(10(11,12)13)4-6(5)9(14)15/h3-4H,1-2H3,(H,14,15)/q-1. The molecule has 0 atom stereocenters. The Hall–Kier alpha value is -1.66. The number of aromatic carboxylic acids is 1. The van der Waals surface area contributed by atoms with Crippen LogP contribution in [-0.2, 0) is 0 Å². The van der Waals surface area contributed by atoms with Crippen molar-refractivity contribution in [2.75, 3.05) is 7.11 Å². The van der Waals surface area contributed by atoms with Gasteiger partial charge in [0.15, 0.2) is 0 Å². The second-order valence-corrected chi connectivity index (χ2v) is 3.29. The van der Waals surface area contributed by atoms with Gasteiger partial charge in [-0.1, -0.05) is 11.5 Å². The number of rotatable bonds is 3. The van der Waals surface area contributed by atoms with Gasteiger partial charge < -0.3 is 22.8 Å². The fourth-order valence-corrected chi connectivity index (χ4v) is 1.36. The second-order valence-electron chi connectivity index (χ2n) is 3.29. The van der Waals surface area contributed by atoms with E-state index in [4.69, 9.17) is 5.11 Å². The molecule has 0 fully saturated rings. The molecular formula is C9H9BF3O3-. The quantitative estimate of drug-likeness (QED) is 0.809. The van der Waals surface area contributed by atoms with Crippen LogP contribution in [0.5, 0.6) is 5.75 Å². The van der Waals surface area contributed by atoms with E-state index >= 15 is 0 Å². The van der Waals surface area contributed by atoms with Gasteiger partial charge in [0.2, 0.25) is 0 Å². The molecule has 1 N–H and O–H groups in total. The molecule has 1 aromatic carbocycles. The number of aryl methyl sites for hydroxylation is 1. The summed E-state index contributed by atoms with van der Waals surface area (Å²) in [5, 5.41) is 8.72. The van der Waals surface area contributed by atoms with Crippen LogP contribution < -0.4 is 10.2 Å². The third-order valence-corrected chi connectivity index (χ3v) is 2.16. The Bertz CT molecular complexity index is 429. The number of carboxylic acid groups (broad SMARTS) is 1. The van der Waals surface area contributed by atoms with Crippen LogP contribution in [0.2, 0.25) is 0 Å². The predicted molar refractivity (Wildman–Crippen MR) is 53.4 cm³/mol. The van der Waals surface area contributed by atoms with Crippen molar-refractivity contribution in [3.05, 3.63) is 23.3 Å². The number of ether oxygens (including phenoxy) is 1. The number of hydrogen-bond acceptors (Lipinski definition) is 2. The number of carbonyl (C=O) groups is 1. The molecule has 0 saturated heterocycles. The van der Waals surface area contributed by atoms with Gasteiger partial charge in [-0.15, -0.1) is 0 Å². The Kier molecular flexibility index (Phi) is 3.16. The minimum Gasteiger partial charge on any atom is -0.500 e. The van der Waals surface area contributed by atoms with Crippen LogP contribution in [0.4, 0.5) is 12.9 Å². The predicted octanol–water partition coefficient (Wildman–Crippen LogP) is 1.76. The van der Waals surface area contributed by atoms with Crippen molar-refractivity contribution < 1.29 is 27.6 Å². The minimum absolute atomic E-state index is 0.230. The monoisotopic (exact) mass is 233 g/mol. The molecule has 0 bridgehead atoms. The van der Waals surface area contributed by atoms with Crippen LogP contribution in [0.1, 0.15) is 15.9 Å². The summed E-state index contributed by atoms with van der Waals surface area (Å²) in [6, 6.07) is 1.69. The van der Waals surface area contributed by atoms with E-state index in [2.05, 4.69) is 4.74 Å². The van der Waals surface area contributed by atoms with Crippen LogP contribution in [-0.4, -0.2) is 25.2 Å². The van der Waals surface area contributed by atoms with Crippen LogP contribution in [0.25, 0.3) is 0 Å². The lowest BCUT2D eigenvalue weighted by Crippen LogP contribution is -2.36. The zero-order valence-electron chi connectivity index (χ0n) is 8.63. The topological polar surface area (TPSA) is 46.5 Å². The summed E-state index contributed by atoms with van der Waals surface area (Å²) in [5.41, 5.74) is -1.16. The molecule has 1 aromatic rings. The number of benzene rings is 1. The second kappa shape index (κ2) is 4.07. The molecule has 7 heteroatoms. The summed E-state index contributed by atoms with van der Waals surface area (Å²) in [6.07, 6.45) is 0. The van der Waals surface area contributed by atoms with E-state index in [9.17, 15) is 17.7 Å². The molecule has 0 aromatic heterocycles. The first kappa shape index (κ1) is 12.4. The minimum atomic E-state index is -5.29. The smallest absolute Gasteiger partial charge is 0.500 e. The average Bonchev–Trinajstić information content (AvgIpc) is 2.14. The maximum Gasteiger partial charge on any atom is 0.513 e. The summed E-state index contributed by atoms with van der Waals surface area (Å²) in [6.45, 7) is -3.87. The van der Waals surface area contributed by atoms with E-state index in [1.165, 1.54) is 6.92 Å². The Labute approximate surface area is 89.9 Å². The van der Waals surface area contributed by atoms with Gasteiger partial charge in [0.05, 0.1) is 18.4 Å². The Morgan fingerprint density at radius 2 is 1.94 bits per heavy atom. The van der Waals surface area contributed by atoms with Crippen LogP contribution in [0.3, 0.4) is 0 Å². The lowest BCUT2D eigenvalue weighted by atomic mass is 9.78. The normalized spacial score (nSPS) is 11.3. The third-order valence-electron chi connectivity index (χ3n) is 2.16. The maximum absolute atomic E-state index is 12.6. The van der Waals surface area contributed by atoms with Gasteiger partial charge in [-0.05, 0) is 18.6 Å². The molecule has 0 aliphatic rings. The van der Waals surface area contributed by atoms with Gasteiger partial charge >= 0.3 is 12.9 Å². The molecule has 0 unspecified atom stereocenters. The molecule has 88 valence electrons. The molecule has 0 aliphatic carbocycles. The highest BCUT2D eigenvalue weighted by Crippen LogP contribution is 2.21. The third kappa shape index (κ3) is 2.29. The number of halogens is 3. The summed E-state index contributed by atoms with van der Waals surface area (Å²) in [7, 11) is 1.11. The first-order valence-corrected chi connectivity index (χ1v) is 4.39. The SMILES string of the molecule is COc1cc(C)c(C(=O)O)cc1[B-](F)(F)F. The highest BCUT2D eigenvalue weighted by Gasteiger charge is 2.30. The van der Waals surface area contributed by atoms with E-state index in [0.717, 1.165) is 13.2 Å². The zero-order valence-corrected chi connectivity index (χ0v) is 8.63. The largest absolute Gasteiger partial charge is 0.513 e. The van der Waals surface area contributed by atoms with Gasteiger partial charge in [-0.25, -0.2) is 4.79 Å². The summed E-state index contributed by atoms with van der Waals surface area (Å²) < 4.78 is 42.4. The number of hydrogen-bond donors (Lipinski definition) is 1. The van der Waals surface area contributed by atoms with Crippen molar-refractivity contribution in [3.63, 3.8) is 0 Å². The van der Waals surface area contributed by atoms with Gasteiger partial charge in [0.1, 0.15) is 0 Å². The molecule has 0 aliphatic heterocycles. The number of carboxylic acids is 1. The lowest BCUT2D eigenvalue weighted by molar-refractivity contribution is 0.0696. The van der Waals surface area contributed by atoms with Gasteiger partial charge in [0, 0.05) is 0 Å². The molecule has 0 spiro atoms. The summed E-state index contributed by atoms with van der Waals surface area (Å²) in [4.78, 5) is 10.7. The average molecular weight is 233 g/mol. The maximum atomic E-state index is 12.6. The summed E-state index contributed by atoms with van der Waals surface area (Å²) >= 11 is 0. The molecule has 0 amide bonds. The van der Waals surface area contributed by atoms with Crippen LogP contribution in [0, 0.1) is 6.92 Å². The lowest BCUT2D eigenvalue weighted by Gasteiger charge is -2.20. The molecule has 0 radical (unpaired) electrons. The first-order chi connectivity index (χ1) is 7.27. The number of methoxy groups -OCH3 is 1. The van der Waals surface area contributed by atoms with Gasteiger partial charge in [0.25, 0.3) is 0 Å². The molecule has 0 heterocycles. The van der Waals surface area contributed by atoms with E-state index in [0.29, 0.717) is 6.07 Å². The zero-order chi connectivity index (χ0) is 12.5. The van der Waals surface area contributed by atoms with E-state index in [1.54, 1.807) is 0 Å².